The summed E-state index contributed by atoms with van der Waals surface area (Å²) in [6.45, 7) is 5.08. The van der Waals surface area contributed by atoms with Crippen molar-refractivity contribution in [1.82, 2.24) is 4.90 Å². The molecule has 1 aromatic heterocycles. The molecule has 0 N–H and O–H groups in total. The van der Waals surface area contributed by atoms with Crippen molar-refractivity contribution in [2.24, 2.45) is 5.92 Å². The Morgan fingerprint density at radius 3 is 2.82 bits per heavy atom. The fraction of sp³-hybridized carbons (Fsp3) is 0.364. The van der Waals surface area contributed by atoms with Crippen LogP contribution in [-0.4, -0.2) is 21.7 Å². The number of nitrogens with zero attached hydrogens (tertiary/aromatic N) is 1. The molecule has 2 aromatic rings. The number of carbonyl (C=O) groups is 1. The minimum Gasteiger partial charge on any atom is -0.457 e. The van der Waals surface area contributed by atoms with Crippen LogP contribution in [0.1, 0.15) is 45.3 Å². The summed E-state index contributed by atoms with van der Waals surface area (Å²) >= 11 is 10.3. The van der Waals surface area contributed by atoms with Gasteiger partial charge in [-0.3, -0.25) is 9.69 Å². The van der Waals surface area contributed by atoms with Crippen LogP contribution in [0.2, 0.25) is 0 Å². The number of carbonyl (C=O) groups excluding carboxylic acids is 1. The molecule has 1 amide bonds. The number of furan rings is 1. The lowest BCUT2D eigenvalue weighted by Gasteiger charge is -2.21. The molecule has 1 atom stereocenters. The van der Waals surface area contributed by atoms with E-state index in [0.717, 1.165) is 28.6 Å². The molecule has 1 fully saturated rings. The smallest absolute Gasteiger partial charge is 0.266 e. The maximum Gasteiger partial charge on any atom is 0.266 e. The van der Waals surface area contributed by atoms with E-state index < -0.39 is 0 Å². The SMILES string of the molecule is CCCC[C@@H](CC)CN1C(=O)/C(=C\c2ccc(-c3cccc(Br)c3)o2)SC1=S. The minimum absolute atomic E-state index is 0.00893. The van der Waals surface area contributed by atoms with Gasteiger partial charge in [-0.15, -0.1) is 0 Å². The van der Waals surface area contributed by atoms with E-state index >= 15 is 0 Å². The van der Waals surface area contributed by atoms with Gasteiger partial charge < -0.3 is 4.42 Å². The molecule has 2 heterocycles. The van der Waals surface area contributed by atoms with Crippen molar-refractivity contribution in [2.45, 2.75) is 39.5 Å². The highest BCUT2D eigenvalue weighted by atomic mass is 79.9. The standard InChI is InChI=1S/C22H24BrNO2S2/c1-3-5-7-15(4-2)14-24-21(25)20(28-22(24)27)13-18-10-11-19(26-18)16-8-6-9-17(23)12-16/h6,8-13,15H,3-5,7,14H2,1-2H3/b20-13+/t15-/m1/s1. The molecular weight excluding hydrogens is 454 g/mol. The zero-order chi connectivity index (χ0) is 20.1. The van der Waals surface area contributed by atoms with Gasteiger partial charge in [-0.1, -0.05) is 85.2 Å². The first-order chi connectivity index (χ1) is 13.5. The first-order valence-corrected chi connectivity index (χ1v) is 11.6. The second-order valence-electron chi connectivity index (χ2n) is 6.92. The number of rotatable bonds is 8. The normalized spacial score (nSPS) is 17.0. The van der Waals surface area contributed by atoms with E-state index in [-0.39, 0.29) is 5.91 Å². The summed E-state index contributed by atoms with van der Waals surface area (Å²) in [5.74, 6) is 1.92. The monoisotopic (exact) mass is 477 g/mol. The van der Waals surface area contributed by atoms with Crippen molar-refractivity contribution < 1.29 is 9.21 Å². The topological polar surface area (TPSA) is 33.5 Å². The van der Waals surface area contributed by atoms with E-state index in [0.29, 0.717) is 27.4 Å². The Labute approximate surface area is 184 Å². The third-order valence-corrected chi connectivity index (χ3v) is 6.74. The molecule has 1 saturated heterocycles. The molecule has 1 aromatic carbocycles. The Hall–Kier alpha value is -1.37. The maximum absolute atomic E-state index is 12.9. The van der Waals surface area contributed by atoms with Gasteiger partial charge in [0.1, 0.15) is 15.8 Å². The molecular formula is C22H24BrNO2S2. The summed E-state index contributed by atoms with van der Waals surface area (Å²) in [5, 5.41) is 0. The summed E-state index contributed by atoms with van der Waals surface area (Å²) in [6.07, 6.45) is 6.36. The van der Waals surface area contributed by atoms with Crippen LogP contribution in [0.4, 0.5) is 0 Å². The van der Waals surface area contributed by atoms with E-state index in [1.165, 1.54) is 24.6 Å². The molecule has 0 bridgehead atoms. The van der Waals surface area contributed by atoms with Crippen molar-refractivity contribution in [3.05, 3.63) is 51.5 Å². The molecule has 0 radical (unpaired) electrons. The minimum atomic E-state index is -0.00893. The van der Waals surface area contributed by atoms with Gasteiger partial charge in [0.05, 0.1) is 4.91 Å². The number of halogens is 1. The highest BCUT2D eigenvalue weighted by Crippen LogP contribution is 2.35. The molecule has 1 aliphatic rings. The summed E-state index contributed by atoms with van der Waals surface area (Å²) in [5.41, 5.74) is 0.989. The summed E-state index contributed by atoms with van der Waals surface area (Å²) in [4.78, 5) is 15.3. The number of benzene rings is 1. The average Bonchev–Trinajstić information content (AvgIpc) is 3.25. The quantitative estimate of drug-likeness (QED) is 0.299. The van der Waals surface area contributed by atoms with E-state index in [9.17, 15) is 4.79 Å². The first-order valence-electron chi connectivity index (χ1n) is 9.63. The van der Waals surface area contributed by atoms with Crippen LogP contribution in [0, 0.1) is 5.92 Å². The molecule has 0 spiro atoms. The molecule has 28 heavy (non-hydrogen) atoms. The number of hydrogen-bond donors (Lipinski definition) is 0. The van der Waals surface area contributed by atoms with E-state index in [1.54, 1.807) is 11.0 Å². The summed E-state index contributed by atoms with van der Waals surface area (Å²) in [6, 6.07) is 11.8. The van der Waals surface area contributed by atoms with Gasteiger partial charge >= 0.3 is 0 Å². The largest absolute Gasteiger partial charge is 0.457 e. The van der Waals surface area contributed by atoms with Crippen molar-refractivity contribution in [2.75, 3.05) is 6.54 Å². The van der Waals surface area contributed by atoms with Crippen LogP contribution in [0.25, 0.3) is 17.4 Å². The lowest BCUT2D eigenvalue weighted by atomic mass is 9.99. The van der Waals surface area contributed by atoms with Gasteiger partial charge in [0.25, 0.3) is 5.91 Å². The molecule has 3 rings (SSSR count). The Morgan fingerprint density at radius 2 is 2.11 bits per heavy atom. The van der Waals surface area contributed by atoms with Crippen LogP contribution in [-0.2, 0) is 4.79 Å². The molecule has 6 heteroatoms. The average molecular weight is 478 g/mol. The molecule has 148 valence electrons. The van der Waals surface area contributed by atoms with Crippen LogP contribution >= 0.6 is 39.9 Å². The van der Waals surface area contributed by atoms with Crippen molar-refractivity contribution >= 4 is 56.2 Å². The number of thiocarbonyl (C=S) groups is 1. The second kappa shape index (κ2) is 9.90. The number of unbranched alkanes of at least 4 members (excludes halogenated alkanes) is 1. The lowest BCUT2D eigenvalue weighted by molar-refractivity contribution is -0.122. The zero-order valence-electron chi connectivity index (χ0n) is 16.1. The molecule has 1 aliphatic heterocycles. The van der Waals surface area contributed by atoms with E-state index in [4.69, 9.17) is 16.6 Å². The van der Waals surface area contributed by atoms with Gasteiger partial charge in [0.15, 0.2) is 0 Å². The first kappa shape index (κ1) is 21.3. The van der Waals surface area contributed by atoms with Crippen LogP contribution < -0.4 is 0 Å². The number of hydrogen-bond acceptors (Lipinski definition) is 4. The Balaban J connectivity index is 1.73. The van der Waals surface area contributed by atoms with Gasteiger partial charge in [0.2, 0.25) is 0 Å². The third kappa shape index (κ3) is 5.16. The zero-order valence-corrected chi connectivity index (χ0v) is 19.3. The van der Waals surface area contributed by atoms with Crippen LogP contribution in [0.3, 0.4) is 0 Å². The van der Waals surface area contributed by atoms with Crippen molar-refractivity contribution in [3.8, 4) is 11.3 Å². The van der Waals surface area contributed by atoms with E-state index in [1.807, 2.05) is 36.4 Å². The predicted octanol–water partition coefficient (Wildman–Crippen LogP) is 7.13. The van der Waals surface area contributed by atoms with Gasteiger partial charge in [-0.05, 0) is 36.6 Å². The van der Waals surface area contributed by atoms with Crippen LogP contribution in [0.15, 0.2) is 50.2 Å². The lowest BCUT2D eigenvalue weighted by Crippen LogP contribution is -2.33. The predicted molar refractivity (Wildman–Crippen MR) is 125 cm³/mol. The highest BCUT2D eigenvalue weighted by Gasteiger charge is 2.33. The van der Waals surface area contributed by atoms with E-state index in [2.05, 4.69) is 29.8 Å². The van der Waals surface area contributed by atoms with Gasteiger partial charge in [-0.2, -0.15) is 0 Å². The van der Waals surface area contributed by atoms with Gasteiger partial charge in [0, 0.05) is 22.7 Å². The molecule has 0 aliphatic carbocycles. The Bertz CT molecular complexity index is 890. The Kier molecular flexibility index (Phi) is 7.55. The maximum atomic E-state index is 12.9. The molecule has 0 unspecified atom stereocenters. The summed E-state index contributed by atoms with van der Waals surface area (Å²) < 4.78 is 7.58. The fourth-order valence-electron chi connectivity index (χ4n) is 3.19. The van der Waals surface area contributed by atoms with Gasteiger partial charge in [-0.25, -0.2) is 0 Å². The highest BCUT2D eigenvalue weighted by molar-refractivity contribution is 9.10. The second-order valence-corrected chi connectivity index (χ2v) is 9.51. The molecule has 3 nitrogen and oxygen atoms in total. The fourth-order valence-corrected chi connectivity index (χ4v) is 4.84. The van der Waals surface area contributed by atoms with Crippen molar-refractivity contribution in [1.29, 1.82) is 0 Å². The number of thioether (sulfide) groups is 1. The third-order valence-electron chi connectivity index (χ3n) is 4.87. The van der Waals surface area contributed by atoms with Crippen molar-refractivity contribution in [3.63, 3.8) is 0 Å². The number of amides is 1. The Morgan fingerprint density at radius 1 is 1.29 bits per heavy atom. The molecule has 0 saturated carbocycles. The van der Waals surface area contributed by atoms with Crippen LogP contribution in [0.5, 0.6) is 0 Å². The summed E-state index contributed by atoms with van der Waals surface area (Å²) in [7, 11) is 0.